The van der Waals surface area contributed by atoms with Gasteiger partial charge in [-0.25, -0.2) is 4.98 Å². The van der Waals surface area contributed by atoms with Gasteiger partial charge in [-0.15, -0.1) is 0 Å². The standard InChI is InChI=1S/C12H8BrIN2O2/c13-8-2-4-11(15-6-8)16-12(18)7-1-3-9(14)10(17)5-7/h1-6,17H,(H,15,16,18). The Morgan fingerprint density at radius 2 is 2.11 bits per heavy atom. The Hall–Kier alpha value is -1.15. The number of rotatable bonds is 2. The highest BCUT2D eigenvalue weighted by atomic mass is 127. The summed E-state index contributed by atoms with van der Waals surface area (Å²) in [5.74, 6) is 0.241. The Labute approximate surface area is 126 Å². The van der Waals surface area contributed by atoms with Crippen LogP contribution in [0.15, 0.2) is 41.0 Å². The molecule has 2 aromatic rings. The predicted molar refractivity (Wildman–Crippen MR) is 80.7 cm³/mol. The van der Waals surface area contributed by atoms with Crippen LogP contribution in [-0.4, -0.2) is 16.0 Å². The predicted octanol–water partition coefficient (Wildman–Crippen LogP) is 3.41. The van der Waals surface area contributed by atoms with Crippen molar-refractivity contribution in [2.24, 2.45) is 0 Å². The highest BCUT2D eigenvalue weighted by molar-refractivity contribution is 14.1. The van der Waals surface area contributed by atoms with Gasteiger partial charge in [0.15, 0.2) is 0 Å². The Bertz CT molecular complexity index is 587. The number of amides is 1. The van der Waals surface area contributed by atoms with Gasteiger partial charge in [0.2, 0.25) is 0 Å². The molecule has 1 amide bonds. The van der Waals surface area contributed by atoms with Gasteiger partial charge in [-0.05, 0) is 68.9 Å². The molecular weight excluding hydrogens is 411 g/mol. The molecule has 0 saturated heterocycles. The third-order valence-electron chi connectivity index (χ3n) is 2.18. The first-order valence-corrected chi connectivity index (χ1v) is 6.85. The molecule has 0 aliphatic rings. The van der Waals surface area contributed by atoms with Crippen molar-refractivity contribution < 1.29 is 9.90 Å². The lowest BCUT2D eigenvalue weighted by Crippen LogP contribution is -2.12. The smallest absolute Gasteiger partial charge is 0.256 e. The third-order valence-corrected chi connectivity index (χ3v) is 3.56. The van der Waals surface area contributed by atoms with Gasteiger partial charge in [0.25, 0.3) is 5.91 Å². The van der Waals surface area contributed by atoms with Crippen LogP contribution in [0.5, 0.6) is 5.75 Å². The number of hydrogen-bond donors (Lipinski definition) is 2. The number of phenols is 1. The van der Waals surface area contributed by atoms with Gasteiger partial charge in [-0.2, -0.15) is 0 Å². The van der Waals surface area contributed by atoms with E-state index in [9.17, 15) is 9.90 Å². The van der Waals surface area contributed by atoms with E-state index < -0.39 is 0 Å². The van der Waals surface area contributed by atoms with E-state index >= 15 is 0 Å². The number of phenolic OH excluding ortho intramolecular Hbond substituents is 1. The van der Waals surface area contributed by atoms with Gasteiger partial charge in [0, 0.05) is 16.2 Å². The van der Waals surface area contributed by atoms with E-state index in [4.69, 9.17) is 0 Å². The number of benzene rings is 1. The van der Waals surface area contributed by atoms with Crippen molar-refractivity contribution in [3.05, 3.63) is 50.1 Å². The summed E-state index contributed by atoms with van der Waals surface area (Å²) in [6.45, 7) is 0. The average molecular weight is 419 g/mol. The highest BCUT2D eigenvalue weighted by Gasteiger charge is 2.09. The van der Waals surface area contributed by atoms with Crippen LogP contribution in [0.3, 0.4) is 0 Å². The van der Waals surface area contributed by atoms with E-state index in [1.54, 1.807) is 30.5 Å². The number of aromatic nitrogens is 1. The van der Waals surface area contributed by atoms with Gasteiger partial charge in [0.1, 0.15) is 11.6 Å². The Balaban J connectivity index is 2.16. The molecule has 0 atom stereocenters. The molecule has 0 bridgehead atoms. The minimum atomic E-state index is -0.309. The zero-order valence-corrected chi connectivity index (χ0v) is 12.8. The lowest BCUT2D eigenvalue weighted by atomic mass is 10.2. The summed E-state index contributed by atoms with van der Waals surface area (Å²) >= 11 is 5.26. The Morgan fingerprint density at radius 3 is 2.72 bits per heavy atom. The molecule has 2 N–H and O–H groups in total. The molecule has 0 aliphatic heterocycles. The van der Waals surface area contributed by atoms with Crippen LogP contribution in [0.2, 0.25) is 0 Å². The van der Waals surface area contributed by atoms with Gasteiger partial charge in [-0.3, -0.25) is 4.79 Å². The topological polar surface area (TPSA) is 62.2 Å². The average Bonchev–Trinajstić information content (AvgIpc) is 2.35. The van der Waals surface area contributed by atoms with Gasteiger partial charge < -0.3 is 10.4 Å². The number of nitrogens with one attached hydrogen (secondary N) is 1. The first-order valence-electron chi connectivity index (χ1n) is 4.97. The molecule has 0 fully saturated rings. The van der Waals surface area contributed by atoms with Crippen molar-refractivity contribution in [1.82, 2.24) is 4.98 Å². The van der Waals surface area contributed by atoms with Gasteiger partial charge in [0.05, 0.1) is 3.57 Å². The lowest BCUT2D eigenvalue weighted by Gasteiger charge is -2.05. The summed E-state index contributed by atoms with van der Waals surface area (Å²) in [5.41, 5.74) is 0.387. The number of hydrogen-bond acceptors (Lipinski definition) is 3. The summed E-state index contributed by atoms with van der Waals surface area (Å²) < 4.78 is 1.54. The van der Waals surface area contributed by atoms with Crippen LogP contribution < -0.4 is 5.32 Å². The first kappa shape index (κ1) is 13.3. The maximum atomic E-state index is 11.9. The molecule has 6 heteroatoms. The molecule has 4 nitrogen and oxygen atoms in total. The molecule has 92 valence electrons. The summed E-state index contributed by atoms with van der Waals surface area (Å²) in [6, 6.07) is 8.23. The quantitative estimate of drug-likeness (QED) is 0.734. The van der Waals surface area contributed by atoms with Crippen molar-refractivity contribution >= 4 is 50.2 Å². The minimum Gasteiger partial charge on any atom is -0.507 e. The molecule has 0 radical (unpaired) electrons. The van der Waals surface area contributed by atoms with Crippen molar-refractivity contribution in [3.63, 3.8) is 0 Å². The fourth-order valence-electron chi connectivity index (χ4n) is 1.29. The molecule has 0 saturated carbocycles. The van der Waals surface area contributed by atoms with E-state index in [2.05, 4.69) is 26.2 Å². The fraction of sp³-hybridized carbons (Fsp3) is 0. The maximum absolute atomic E-state index is 11.9. The molecule has 0 spiro atoms. The number of carbonyl (C=O) groups excluding carboxylic acids is 1. The number of halogens is 2. The molecule has 1 aromatic carbocycles. The molecule has 0 unspecified atom stereocenters. The number of carbonyl (C=O) groups is 1. The van der Waals surface area contributed by atoms with Crippen molar-refractivity contribution in [3.8, 4) is 5.75 Å². The summed E-state index contributed by atoms with van der Waals surface area (Å²) in [4.78, 5) is 15.9. The monoisotopic (exact) mass is 418 g/mol. The van der Waals surface area contributed by atoms with Crippen molar-refractivity contribution in [2.75, 3.05) is 5.32 Å². The molecular formula is C12H8BrIN2O2. The van der Waals surface area contributed by atoms with Crippen molar-refractivity contribution in [2.45, 2.75) is 0 Å². The van der Waals surface area contributed by atoms with Gasteiger partial charge >= 0.3 is 0 Å². The second-order valence-electron chi connectivity index (χ2n) is 3.48. The van der Waals surface area contributed by atoms with Crippen LogP contribution in [0.1, 0.15) is 10.4 Å². The van der Waals surface area contributed by atoms with Crippen LogP contribution >= 0.6 is 38.5 Å². The SMILES string of the molecule is O=C(Nc1ccc(Br)cn1)c1ccc(I)c(O)c1. The van der Waals surface area contributed by atoms with Gasteiger partial charge in [-0.1, -0.05) is 0 Å². The van der Waals surface area contributed by atoms with E-state index in [1.165, 1.54) is 6.07 Å². The summed E-state index contributed by atoms with van der Waals surface area (Å²) in [6.07, 6.45) is 1.60. The van der Waals surface area contributed by atoms with Crippen molar-refractivity contribution in [1.29, 1.82) is 0 Å². The molecule has 1 heterocycles. The normalized spacial score (nSPS) is 10.1. The first-order chi connectivity index (χ1) is 8.56. The second-order valence-corrected chi connectivity index (χ2v) is 5.56. The van der Waals surface area contributed by atoms with E-state index in [0.717, 1.165) is 4.47 Å². The lowest BCUT2D eigenvalue weighted by molar-refractivity contribution is 0.102. The van der Waals surface area contributed by atoms with Crippen LogP contribution in [0, 0.1) is 3.57 Å². The van der Waals surface area contributed by atoms with Crippen LogP contribution in [0.4, 0.5) is 5.82 Å². The summed E-state index contributed by atoms with van der Waals surface area (Å²) in [5, 5.41) is 12.2. The number of pyridine rings is 1. The Morgan fingerprint density at radius 1 is 1.33 bits per heavy atom. The second kappa shape index (κ2) is 5.66. The molecule has 0 aliphatic carbocycles. The van der Waals surface area contributed by atoms with E-state index in [1.807, 2.05) is 22.6 Å². The maximum Gasteiger partial charge on any atom is 0.256 e. The van der Waals surface area contributed by atoms with E-state index in [-0.39, 0.29) is 11.7 Å². The fourth-order valence-corrected chi connectivity index (χ4v) is 1.86. The number of nitrogens with zero attached hydrogens (tertiary/aromatic N) is 1. The third kappa shape index (κ3) is 3.20. The summed E-state index contributed by atoms with van der Waals surface area (Å²) in [7, 11) is 0. The highest BCUT2D eigenvalue weighted by Crippen LogP contribution is 2.21. The number of anilines is 1. The van der Waals surface area contributed by atoms with Crippen LogP contribution in [-0.2, 0) is 0 Å². The Kier molecular flexibility index (Phi) is 4.18. The molecule has 2 rings (SSSR count). The zero-order chi connectivity index (χ0) is 13.1. The zero-order valence-electron chi connectivity index (χ0n) is 9.02. The molecule has 18 heavy (non-hydrogen) atoms. The van der Waals surface area contributed by atoms with Crippen LogP contribution in [0.25, 0.3) is 0 Å². The minimum absolute atomic E-state index is 0.0898. The largest absolute Gasteiger partial charge is 0.507 e. The molecule has 1 aromatic heterocycles. The van der Waals surface area contributed by atoms with E-state index in [0.29, 0.717) is 15.0 Å². The number of aromatic hydroxyl groups is 1.